The molecule has 3 saturated carbocycles. The van der Waals surface area contributed by atoms with Gasteiger partial charge in [-0.15, -0.1) is 0 Å². The molecule has 4 fully saturated rings. The molecular formula is C27H27N7O2. The van der Waals surface area contributed by atoms with Gasteiger partial charge in [0.2, 0.25) is 11.8 Å². The maximum Gasteiger partial charge on any atom is 0.235 e. The normalized spacial score (nSPS) is 25.1. The summed E-state index contributed by atoms with van der Waals surface area (Å²) >= 11 is 0. The van der Waals surface area contributed by atoms with E-state index in [1.165, 1.54) is 6.08 Å². The molecule has 9 nitrogen and oxygen atoms in total. The third kappa shape index (κ3) is 3.77. The van der Waals surface area contributed by atoms with E-state index < -0.39 is 0 Å². The quantitative estimate of drug-likeness (QED) is 0.489. The molecule has 7 rings (SSSR count). The average molecular weight is 482 g/mol. The van der Waals surface area contributed by atoms with Crippen LogP contribution in [0, 0.1) is 41.9 Å². The van der Waals surface area contributed by atoms with Gasteiger partial charge in [-0.3, -0.25) is 4.68 Å². The number of benzene rings is 1. The molecule has 1 N–H and O–H groups in total. The van der Waals surface area contributed by atoms with Crippen LogP contribution < -0.4 is 10.1 Å². The van der Waals surface area contributed by atoms with Crippen molar-refractivity contribution in [1.29, 1.82) is 10.5 Å². The summed E-state index contributed by atoms with van der Waals surface area (Å²) in [6.07, 6.45) is 9.49. The SMILES string of the molecule is Cc1cc(/C=C/C#N)cc(C)c1Oc1nc(NC23CC(C#N)(C2)C3)nc2nn(C3CCOCC3)cc12. The summed E-state index contributed by atoms with van der Waals surface area (Å²) in [7, 11) is 0. The molecule has 1 aromatic carbocycles. The highest BCUT2D eigenvalue weighted by Gasteiger charge is 2.69. The lowest BCUT2D eigenvalue weighted by atomic mass is 9.40. The Hall–Kier alpha value is -3.95. The van der Waals surface area contributed by atoms with E-state index in [-0.39, 0.29) is 17.0 Å². The molecule has 9 heteroatoms. The average Bonchev–Trinajstić information content (AvgIpc) is 3.26. The van der Waals surface area contributed by atoms with Crippen molar-refractivity contribution in [3.63, 3.8) is 0 Å². The first kappa shape index (κ1) is 22.5. The van der Waals surface area contributed by atoms with E-state index >= 15 is 0 Å². The Kier molecular flexibility index (Phi) is 5.20. The summed E-state index contributed by atoms with van der Waals surface area (Å²) in [4.78, 5) is 9.52. The second-order valence-electron chi connectivity index (χ2n) is 10.4. The largest absolute Gasteiger partial charge is 0.437 e. The predicted octanol–water partition coefficient (Wildman–Crippen LogP) is 4.98. The summed E-state index contributed by atoms with van der Waals surface area (Å²) < 4.78 is 14.0. The molecule has 3 heterocycles. The van der Waals surface area contributed by atoms with Crippen LogP contribution in [0.3, 0.4) is 0 Å². The minimum Gasteiger partial charge on any atom is -0.437 e. The number of nitrogens with one attached hydrogen (secondary N) is 1. The number of nitrogens with zero attached hydrogens (tertiary/aromatic N) is 6. The van der Waals surface area contributed by atoms with Crippen LogP contribution in [-0.4, -0.2) is 38.5 Å². The lowest BCUT2D eigenvalue weighted by Gasteiger charge is -2.66. The van der Waals surface area contributed by atoms with E-state index in [2.05, 4.69) is 11.4 Å². The molecule has 2 aromatic heterocycles. The molecule has 0 radical (unpaired) electrons. The van der Waals surface area contributed by atoms with Gasteiger partial charge in [-0.2, -0.15) is 25.6 Å². The van der Waals surface area contributed by atoms with E-state index in [0.29, 0.717) is 17.5 Å². The summed E-state index contributed by atoms with van der Waals surface area (Å²) in [6.45, 7) is 5.41. The van der Waals surface area contributed by atoms with E-state index in [4.69, 9.17) is 29.8 Å². The van der Waals surface area contributed by atoms with Crippen LogP contribution in [0.15, 0.2) is 24.4 Å². The zero-order valence-electron chi connectivity index (χ0n) is 20.4. The molecule has 0 spiro atoms. The summed E-state index contributed by atoms with van der Waals surface area (Å²) in [5.41, 5.74) is 3.14. The Morgan fingerprint density at radius 3 is 2.53 bits per heavy atom. The number of aryl methyl sites for hydroxylation is 2. The van der Waals surface area contributed by atoms with Crippen molar-refractivity contribution >= 4 is 23.1 Å². The number of fused-ring (bicyclic) bond motifs is 1. The Morgan fingerprint density at radius 2 is 1.86 bits per heavy atom. The molecule has 1 saturated heterocycles. The maximum absolute atomic E-state index is 9.39. The number of anilines is 1. The van der Waals surface area contributed by atoms with Gasteiger partial charge in [0, 0.05) is 31.0 Å². The van der Waals surface area contributed by atoms with Crippen LogP contribution >= 0.6 is 0 Å². The molecule has 0 unspecified atom stereocenters. The topological polar surface area (TPSA) is 122 Å². The fraction of sp³-hybridized carbons (Fsp3) is 0.444. The van der Waals surface area contributed by atoms with Gasteiger partial charge >= 0.3 is 0 Å². The highest BCUT2D eigenvalue weighted by atomic mass is 16.5. The van der Waals surface area contributed by atoms with Gasteiger partial charge in [-0.25, -0.2) is 0 Å². The van der Waals surface area contributed by atoms with Crippen molar-refractivity contribution in [2.45, 2.75) is 57.5 Å². The second-order valence-corrected chi connectivity index (χ2v) is 10.4. The summed E-state index contributed by atoms with van der Waals surface area (Å²) in [6, 6.07) is 8.70. The predicted molar refractivity (Wildman–Crippen MR) is 133 cm³/mol. The van der Waals surface area contributed by atoms with Crippen molar-refractivity contribution in [2.24, 2.45) is 5.41 Å². The molecule has 3 aliphatic carbocycles. The van der Waals surface area contributed by atoms with Gasteiger partial charge in [0.05, 0.1) is 23.6 Å². The van der Waals surface area contributed by atoms with Crippen LogP contribution in [0.5, 0.6) is 11.6 Å². The Labute approximate surface area is 209 Å². The van der Waals surface area contributed by atoms with E-state index in [0.717, 1.165) is 73.1 Å². The van der Waals surface area contributed by atoms with Crippen LogP contribution in [0.4, 0.5) is 5.95 Å². The van der Waals surface area contributed by atoms with Crippen molar-refractivity contribution in [2.75, 3.05) is 18.5 Å². The smallest absolute Gasteiger partial charge is 0.235 e. The Morgan fingerprint density at radius 1 is 1.14 bits per heavy atom. The number of allylic oxidation sites excluding steroid dienone is 1. The fourth-order valence-corrected chi connectivity index (χ4v) is 5.92. The van der Waals surface area contributed by atoms with E-state index in [1.54, 1.807) is 6.08 Å². The summed E-state index contributed by atoms with van der Waals surface area (Å²) in [5, 5.41) is 27.3. The van der Waals surface area contributed by atoms with Gasteiger partial charge in [0.15, 0.2) is 5.65 Å². The fourth-order valence-electron chi connectivity index (χ4n) is 5.92. The van der Waals surface area contributed by atoms with Gasteiger partial charge in [-0.1, -0.05) is 0 Å². The minimum atomic E-state index is -0.170. The first-order chi connectivity index (χ1) is 17.4. The first-order valence-electron chi connectivity index (χ1n) is 12.3. The van der Waals surface area contributed by atoms with Crippen molar-refractivity contribution in [3.8, 4) is 23.8 Å². The van der Waals surface area contributed by atoms with Crippen LogP contribution in [0.1, 0.15) is 54.8 Å². The number of ether oxygens (including phenoxy) is 2. The molecule has 182 valence electrons. The standard InChI is InChI=1S/C27H27N7O2/c1-17-10-19(4-3-7-28)11-18(2)22(17)36-24-21-12-34(20-5-8-35-9-6-20)33-23(21)30-25(31-24)32-27-13-26(14-27,15-27)16-29/h3-4,10-12,20H,5-6,8-9,13-15H2,1-2H3,(H,30,32,33)/b4-3+. The van der Waals surface area contributed by atoms with Gasteiger partial charge in [0.25, 0.3) is 0 Å². The molecule has 1 aliphatic heterocycles. The minimum absolute atomic E-state index is 0.107. The highest BCUT2D eigenvalue weighted by molar-refractivity contribution is 5.81. The van der Waals surface area contributed by atoms with Crippen molar-refractivity contribution in [3.05, 3.63) is 41.1 Å². The van der Waals surface area contributed by atoms with Gasteiger partial charge in [-0.05, 0) is 80.9 Å². The number of hydrogen-bond acceptors (Lipinski definition) is 8. The maximum atomic E-state index is 9.39. The van der Waals surface area contributed by atoms with E-state index in [9.17, 15) is 5.26 Å². The van der Waals surface area contributed by atoms with Gasteiger partial charge in [0.1, 0.15) is 11.1 Å². The first-order valence-corrected chi connectivity index (χ1v) is 12.3. The zero-order valence-corrected chi connectivity index (χ0v) is 20.4. The number of aromatic nitrogens is 4. The molecule has 4 aliphatic rings. The molecule has 0 amide bonds. The number of nitriles is 2. The lowest BCUT2D eigenvalue weighted by Crippen LogP contribution is -2.70. The third-order valence-electron chi connectivity index (χ3n) is 7.60. The van der Waals surface area contributed by atoms with Crippen molar-refractivity contribution in [1.82, 2.24) is 19.7 Å². The Bertz CT molecular complexity index is 1430. The monoisotopic (exact) mass is 481 g/mol. The Balaban J connectivity index is 1.37. The highest BCUT2D eigenvalue weighted by Crippen LogP contribution is 2.67. The molecular weight excluding hydrogens is 454 g/mol. The van der Waals surface area contributed by atoms with Crippen molar-refractivity contribution < 1.29 is 9.47 Å². The molecule has 36 heavy (non-hydrogen) atoms. The summed E-state index contributed by atoms with van der Waals surface area (Å²) in [5.74, 6) is 1.65. The molecule has 3 aromatic rings. The number of rotatable bonds is 6. The number of hydrogen-bond donors (Lipinski definition) is 1. The zero-order chi connectivity index (χ0) is 24.9. The molecule has 2 bridgehead atoms. The van der Waals surface area contributed by atoms with Crippen LogP contribution in [-0.2, 0) is 4.74 Å². The van der Waals surface area contributed by atoms with Gasteiger partial charge < -0.3 is 14.8 Å². The molecule has 0 atom stereocenters. The van der Waals surface area contributed by atoms with E-state index in [1.807, 2.05) is 42.9 Å². The lowest BCUT2D eigenvalue weighted by molar-refractivity contribution is -0.0665. The van der Waals surface area contributed by atoms with Crippen LogP contribution in [0.25, 0.3) is 17.1 Å². The second kappa shape index (κ2) is 8.32. The van der Waals surface area contributed by atoms with Crippen LogP contribution in [0.2, 0.25) is 0 Å². The third-order valence-corrected chi connectivity index (χ3v) is 7.60.